The second-order valence-electron chi connectivity index (χ2n) is 8.68. The molecule has 0 aliphatic rings. The Hall–Kier alpha value is -5.21. The fraction of sp³-hybridized carbons (Fsp3) is 0.0606. The number of ether oxygens (including phenoxy) is 1. The first-order valence-electron chi connectivity index (χ1n) is 12.4. The Balaban J connectivity index is 1.76. The first-order chi connectivity index (χ1) is 18.8. The van der Waals surface area contributed by atoms with Crippen LogP contribution in [0.4, 0.5) is 0 Å². The highest BCUT2D eigenvalue weighted by Gasteiger charge is 2.29. The molecule has 0 bridgehead atoms. The van der Waals surface area contributed by atoms with Gasteiger partial charge in [-0.3, -0.25) is 4.98 Å². The number of rotatable bonds is 4. The molecule has 5 heteroatoms. The van der Waals surface area contributed by atoms with Crippen LogP contribution < -0.4 is 0 Å². The van der Waals surface area contributed by atoms with Crippen molar-refractivity contribution in [3.05, 3.63) is 127 Å². The number of hydrogen-bond donors (Lipinski definition) is 0. The summed E-state index contributed by atoms with van der Waals surface area (Å²) < 4.78 is 7.49. The van der Waals surface area contributed by atoms with Gasteiger partial charge in [0.15, 0.2) is 0 Å². The van der Waals surface area contributed by atoms with Crippen LogP contribution in [-0.2, 0) is 4.74 Å². The number of pyridine rings is 1. The average Bonchev–Trinajstić information content (AvgIpc) is 3.33. The molecule has 0 atom stereocenters. The standard InChI is InChI=1S/C33H23N3O2/c1-2-38-33(37)32-28(25-14-7-4-8-15-25)29(31-26-16-10-9-13-24(26)19-22-36(31)32)30-27(34-20-21-35-30)18-17-23-11-5-3-6-12-23/h3-16,19-22H,2H2,1H3. The van der Waals surface area contributed by atoms with Crippen molar-refractivity contribution in [1.82, 2.24) is 14.4 Å². The third kappa shape index (κ3) is 4.08. The molecule has 182 valence electrons. The highest BCUT2D eigenvalue weighted by molar-refractivity contribution is 6.13. The van der Waals surface area contributed by atoms with Gasteiger partial charge in [0.1, 0.15) is 17.1 Å². The quantitative estimate of drug-likeness (QED) is 0.200. The molecule has 0 radical (unpaired) electrons. The number of benzene rings is 3. The summed E-state index contributed by atoms with van der Waals surface area (Å²) >= 11 is 0. The van der Waals surface area contributed by atoms with Crippen molar-refractivity contribution in [1.29, 1.82) is 0 Å². The third-order valence-electron chi connectivity index (χ3n) is 6.39. The van der Waals surface area contributed by atoms with E-state index in [-0.39, 0.29) is 6.61 Å². The number of hydrogen-bond acceptors (Lipinski definition) is 4. The van der Waals surface area contributed by atoms with Crippen LogP contribution >= 0.6 is 0 Å². The van der Waals surface area contributed by atoms with Gasteiger partial charge in [0.25, 0.3) is 0 Å². The Morgan fingerprint density at radius 1 is 0.816 bits per heavy atom. The van der Waals surface area contributed by atoms with E-state index in [1.165, 1.54) is 0 Å². The zero-order chi connectivity index (χ0) is 25.9. The van der Waals surface area contributed by atoms with E-state index in [1.54, 1.807) is 12.4 Å². The van der Waals surface area contributed by atoms with Gasteiger partial charge in [-0.1, -0.05) is 78.7 Å². The van der Waals surface area contributed by atoms with E-state index in [1.807, 2.05) is 96.4 Å². The summed E-state index contributed by atoms with van der Waals surface area (Å²) in [7, 11) is 0. The topological polar surface area (TPSA) is 56.5 Å². The Morgan fingerprint density at radius 3 is 2.32 bits per heavy atom. The summed E-state index contributed by atoms with van der Waals surface area (Å²) in [5, 5.41) is 2.04. The van der Waals surface area contributed by atoms with E-state index in [9.17, 15) is 4.79 Å². The second-order valence-corrected chi connectivity index (χ2v) is 8.68. The van der Waals surface area contributed by atoms with Gasteiger partial charge in [-0.05, 0) is 42.0 Å². The number of carbonyl (C=O) groups is 1. The van der Waals surface area contributed by atoms with Crippen LogP contribution in [0.15, 0.2) is 110 Å². The summed E-state index contributed by atoms with van der Waals surface area (Å²) in [5.41, 5.74) is 5.74. The fourth-order valence-electron chi connectivity index (χ4n) is 4.80. The molecule has 0 unspecified atom stereocenters. The minimum atomic E-state index is -0.399. The van der Waals surface area contributed by atoms with Crippen LogP contribution in [0.1, 0.15) is 28.7 Å². The van der Waals surface area contributed by atoms with Gasteiger partial charge in [-0.15, -0.1) is 0 Å². The molecule has 0 aliphatic heterocycles. The number of aromatic nitrogens is 3. The molecule has 0 N–H and O–H groups in total. The molecule has 3 aromatic heterocycles. The Morgan fingerprint density at radius 2 is 1.53 bits per heavy atom. The highest BCUT2D eigenvalue weighted by atomic mass is 16.5. The molecular formula is C33H23N3O2. The van der Waals surface area contributed by atoms with Gasteiger partial charge in [-0.2, -0.15) is 0 Å². The largest absolute Gasteiger partial charge is 0.461 e. The van der Waals surface area contributed by atoms with Crippen molar-refractivity contribution >= 4 is 22.3 Å². The van der Waals surface area contributed by atoms with Crippen molar-refractivity contribution in [3.8, 4) is 34.2 Å². The van der Waals surface area contributed by atoms with Crippen LogP contribution in [0, 0.1) is 11.8 Å². The van der Waals surface area contributed by atoms with Gasteiger partial charge in [-0.25, -0.2) is 9.78 Å². The molecule has 0 fully saturated rings. The lowest BCUT2D eigenvalue weighted by Gasteiger charge is -2.09. The summed E-state index contributed by atoms with van der Waals surface area (Å²) in [6.07, 6.45) is 5.23. The summed E-state index contributed by atoms with van der Waals surface area (Å²) in [6.45, 7) is 2.08. The molecule has 0 aliphatic carbocycles. The number of nitrogens with zero attached hydrogens (tertiary/aromatic N) is 3. The van der Waals surface area contributed by atoms with Gasteiger partial charge in [0.2, 0.25) is 0 Å². The zero-order valence-corrected chi connectivity index (χ0v) is 20.8. The van der Waals surface area contributed by atoms with Crippen molar-refractivity contribution < 1.29 is 9.53 Å². The maximum absolute atomic E-state index is 13.5. The molecule has 6 aromatic rings. The molecule has 0 spiro atoms. The molecule has 3 aromatic carbocycles. The predicted molar refractivity (Wildman–Crippen MR) is 150 cm³/mol. The van der Waals surface area contributed by atoms with Crippen molar-refractivity contribution in [2.45, 2.75) is 6.92 Å². The fourth-order valence-corrected chi connectivity index (χ4v) is 4.80. The number of esters is 1. The Kier molecular flexibility index (Phi) is 6.13. The number of carbonyl (C=O) groups excluding carboxylic acids is 1. The van der Waals surface area contributed by atoms with E-state index < -0.39 is 5.97 Å². The Bertz CT molecular complexity index is 1850. The monoisotopic (exact) mass is 493 g/mol. The minimum Gasteiger partial charge on any atom is -0.461 e. The minimum absolute atomic E-state index is 0.266. The van der Waals surface area contributed by atoms with Crippen molar-refractivity contribution in [2.24, 2.45) is 0 Å². The SMILES string of the molecule is CCOC(=O)c1c(-c2ccccc2)c(-c2nccnc2C#Cc2ccccc2)c2c3ccccc3ccn12. The van der Waals surface area contributed by atoms with Gasteiger partial charge >= 0.3 is 5.97 Å². The van der Waals surface area contributed by atoms with Crippen molar-refractivity contribution in [3.63, 3.8) is 0 Å². The van der Waals surface area contributed by atoms with Crippen molar-refractivity contribution in [2.75, 3.05) is 6.61 Å². The summed E-state index contributed by atoms with van der Waals surface area (Å²) in [4.78, 5) is 22.9. The van der Waals surface area contributed by atoms with Crippen LogP contribution in [0.2, 0.25) is 0 Å². The summed E-state index contributed by atoms with van der Waals surface area (Å²) in [6, 6.07) is 29.8. The van der Waals surface area contributed by atoms with Crippen LogP contribution in [0.5, 0.6) is 0 Å². The summed E-state index contributed by atoms with van der Waals surface area (Å²) in [5.74, 6) is 6.05. The highest BCUT2D eigenvalue weighted by Crippen LogP contribution is 2.43. The van der Waals surface area contributed by atoms with E-state index in [2.05, 4.69) is 29.0 Å². The van der Waals surface area contributed by atoms with E-state index >= 15 is 0 Å². The van der Waals surface area contributed by atoms with E-state index in [4.69, 9.17) is 9.72 Å². The molecule has 0 saturated carbocycles. The van der Waals surface area contributed by atoms with Gasteiger partial charge < -0.3 is 9.14 Å². The molecule has 0 saturated heterocycles. The predicted octanol–water partition coefficient (Wildman–Crippen LogP) is 6.79. The van der Waals surface area contributed by atoms with E-state index in [0.717, 1.165) is 38.5 Å². The third-order valence-corrected chi connectivity index (χ3v) is 6.39. The lowest BCUT2D eigenvalue weighted by atomic mass is 9.96. The first-order valence-corrected chi connectivity index (χ1v) is 12.4. The number of fused-ring (bicyclic) bond motifs is 3. The second kappa shape index (κ2) is 10.0. The molecule has 5 nitrogen and oxygen atoms in total. The van der Waals surface area contributed by atoms with Gasteiger partial charge in [0.05, 0.1) is 12.1 Å². The van der Waals surface area contributed by atoms with Crippen LogP contribution in [0.25, 0.3) is 38.7 Å². The smallest absolute Gasteiger partial charge is 0.355 e. The molecular weight excluding hydrogens is 470 g/mol. The molecule has 0 amide bonds. The van der Waals surface area contributed by atoms with Crippen LogP contribution in [-0.4, -0.2) is 26.9 Å². The van der Waals surface area contributed by atoms with Crippen LogP contribution in [0.3, 0.4) is 0 Å². The normalized spacial score (nSPS) is 10.8. The van der Waals surface area contributed by atoms with Gasteiger partial charge in [0, 0.05) is 40.7 Å². The lowest BCUT2D eigenvalue weighted by molar-refractivity contribution is 0.0519. The molecule has 3 heterocycles. The zero-order valence-electron chi connectivity index (χ0n) is 20.8. The maximum atomic E-state index is 13.5. The lowest BCUT2D eigenvalue weighted by Crippen LogP contribution is -2.09. The van der Waals surface area contributed by atoms with E-state index in [0.29, 0.717) is 17.1 Å². The Labute approximate surface area is 220 Å². The molecule has 6 rings (SSSR count). The molecule has 38 heavy (non-hydrogen) atoms. The average molecular weight is 494 g/mol. The maximum Gasteiger partial charge on any atom is 0.355 e. The first kappa shape index (κ1) is 23.2.